The van der Waals surface area contributed by atoms with Crippen molar-refractivity contribution in [3.8, 4) is 0 Å². The lowest BCUT2D eigenvalue weighted by molar-refractivity contribution is -0.138. The highest BCUT2D eigenvalue weighted by Crippen LogP contribution is 2.48. The molecule has 1 unspecified atom stereocenters. The number of hydrogen-bond acceptors (Lipinski definition) is 7. The molecule has 11 heteroatoms. The van der Waals surface area contributed by atoms with Crippen LogP contribution in [0.2, 0.25) is 0 Å². The predicted molar refractivity (Wildman–Crippen MR) is 121 cm³/mol. The van der Waals surface area contributed by atoms with Crippen LogP contribution >= 0.6 is 27.7 Å². The number of anilines is 2. The van der Waals surface area contributed by atoms with E-state index in [-0.39, 0.29) is 24.4 Å². The maximum atomic E-state index is 13.3. The Balaban J connectivity index is 1.38. The predicted octanol–water partition coefficient (Wildman–Crippen LogP) is 2.52. The Morgan fingerprint density at radius 2 is 2.16 bits per heavy atom. The summed E-state index contributed by atoms with van der Waals surface area (Å²) in [5, 5.41) is 3.60. The van der Waals surface area contributed by atoms with Crippen molar-refractivity contribution in [2.24, 2.45) is 5.92 Å². The van der Waals surface area contributed by atoms with Crippen LogP contribution in [0.25, 0.3) is 11.0 Å². The van der Waals surface area contributed by atoms with Crippen LogP contribution in [0.5, 0.6) is 0 Å². The monoisotopic (exact) mass is 501 g/mol. The first kappa shape index (κ1) is 20.3. The minimum atomic E-state index is -0.501. The molecule has 3 atom stereocenters. The van der Waals surface area contributed by atoms with Gasteiger partial charge in [0.1, 0.15) is 40.8 Å². The van der Waals surface area contributed by atoms with Gasteiger partial charge in [0.25, 0.3) is 0 Å². The van der Waals surface area contributed by atoms with Gasteiger partial charge in [-0.3, -0.25) is 9.59 Å². The van der Waals surface area contributed by atoms with Gasteiger partial charge in [0, 0.05) is 17.1 Å². The highest BCUT2D eigenvalue weighted by Gasteiger charge is 2.56. The van der Waals surface area contributed by atoms with E-state index in [2.05, 4.69) is 36.2 Å². The van der Waals surface area contributed by atoms with Crippen LogP contribution in [-0.4, -0.2) is 54.6 Å². The van der Waals surface area contributed by atoms with Crippen LogP contribution in [0.4, 0.5) is 11.6 Å². The Labute approximate surface area is 190 Å². The van der Waals surface area contributed by atoms with Crippen molar-refractivity contribution >= 4 is 62.2 Å². The summed E-state index contributed by atoms with van der Waals surface area (Å²) in [6.07, 6.45) is 6.84. The molecule has 3 aromatic rings. The van der Waals surface area contributed by atoms with Gasteiger partial charge >= 0.3 is 0 Å². The molecule has 31 heavy (non-hydrogen) atoms. The highest BCUT2D eigenvalue weighted by atomic mass is 79.9. The zero-order valence-electron chi connectivity index (χ0n) is 16.7. The van der Waals surface area contributed by atoms with Gasteiger partial charge in [-0.05, 0) is 53.1 Å². The number of nitrogens with two attached hydrogens (primary N) is 1. The molecule has 160 valence electrons. The molecule has 5 rings (SSSR count). The summed E-state index contributed by atoms with van der Waals surface area (Å²) in [5.41, 5.74) is 6.66. The minimum absolute atomic E-state index is 0.0929. The van der Waals surface area contributed by atoms with E-state index in [1.54, 1.807) is 27.7 Å². The third-order valence-corrected chi connectivity index (χ3v) is 7.03. The molecular formula is C20H20BrN7O2S. The number of carbonyl (C=O) groups excluding carboxylic acids is 2. The van der Waals surface area contributed by atoms with Crippen LogP contribution in [0.3, 0.4) is 0 Å². The minimum Gasteiger partial charge on any atom is -0.383 e. The summed E-state index contributed by atoms with van der Waals surface area (Å²) in [7, 11) is 0. The number of nitrogen functional groups attached to an aromatic ring is 1. The number of piperidine rings is 1. The van der Waals surface area contributed by atoms with Crippen molar-refractivity contribution in [2.45, 2.75) is 36.4 Å². The van der Waals surface area contributed by atoms with E-state index in [1.165, 1.54) is 18.1 Å². The zero-order valence-corrected chi connectivity index (χ0v) is 19.1. The number of carbonyl (C=O) groups is 2. The third kappa shape index (κ3) is 3.65. The molecule has 1 aliphatic heterocycles. The number of halogens is 1. The lowest BCUT2D eigenvalue weighted by Crippen LogP contribution is -2.46. The second-order valence-corrected chi connectivity index (χ2v) is 9.39. The Morgan fingerprint density at radius 3 is 2.94 bits per heavy atom. The molecule has 0 radical (unpaired) electrons. The van der Waals surface area contributed by atoms with Crippen LogP contribution in [0.15, 0.2) is 40.2 Å². The van der Waals surface area contributed by atoms with Crippen LogP contribution < -0.4 is 11.1 Å². The molecule has 1 saturated heterocycles. The number of pyridine rings is 1. The summed E-state index contributed by atoms with van der Waals surface area (Å²) in [5.74, 6) is 0.925. The Hall–Kier alpha value is -2.66. The average molecular weight is 502 g/mol. The molecule has 0 bridgehead atoms. The summed E-state index contributed by atoms with van der Waals surface area (Å²) >= 11 is 4.83. The summed E-state index contributed by atoms with van der Waals surface area (Å²) in [6.45, 7) is 0.0929. The molecular weight excluding hydrogens is 482 g/mol. The number of fused-ring (bicyclic) bond motifs is 2. The zero-order chi connectivity index (χ0) is 21.7. The molecule has 2 amide bonds. The van der Waals surface area contributed by atoms with Crippen LogP contribution in [0, 0.1) is 5.92 Å². The third-order valence-electron chi connectivity index (χ3n) is 5.84. The van der Waals surface area contributed by atoms with E-state index in [0.29, 0.717) is 34.2 Å². The van der Waals surface area contributed by atoms with Crippen molar-refractivity contribution in [3.05, 3.63) is 35.3 Å². The van der Waals surface area contributed by atoms with E-state index in [4.69, 9.17) is 5.73 Å². The topological polar surface area (TPSA) is 119 Å². The molecule has 1 saturated carbocycles. The van der Waals surface area contributed by atoms with Crippen molar-refractivity contribution < 1.29 is 9.59 Å². The Morgan fingerprint density at radius 1 is 1.32 bits per heavy atom. The first-order valence-corrected chi connectivity index (χ1v) is 11.9. The van der Waals surface area contributed by atoms with Crippen molar-refractivity contribution in [2.75, 3.05) is 17.3 Å². The van der Waals surface area contributed by atoms with Crippen molar-refractivity contribution in [1.82, 2.24) is 24.4 Å². The SMILES string of the molecule is CSc1cn(CC(=O)N2C3C[C@@H]3C[C@H]2C(=O)Nc2cccc(Br)n2)c2ncnc(N)c12. The number of nitrogens with zero attached hydrogens (tertiary/aromatic N) is 5. The van der Waals surface area contributed by atoms with E-state index < -0.39 is 6.04 Å². The molecule has 9 nitrogen and oxygen atoms in total. The second kappa shape index (κ2) is 7.79. The van der Waals surface area contributed by atoms with Gasteiger partial charge in [-0.15, -0.1) is 11.8 Å². The number of rotatable bonds is 5. The Kier molecular flexibility index (Phi) is 5.09. The fraction of sp³-hybridized carbons (Fsp3) is 0.350. The summed E-state index contributed by atoms with van der Waals surface area (Å²) in [6, 6.07) is 4.94. The lowest BCUT2D eigenvalue weighted by Gasteiger charge is -2.27. The molecule has 1 aliphatic carbocycles. The van der Waals surface area contributed by atoms with Crippen molar-refractivity contribution in [3.63, 3.8) is 0 Å². The fourth-order valence-corrected chi connectivity index (χ4v) is 5.33. The highest BCUT2D eigenvalue weighted by molar-refractivity contribution is 9.10. The first-order chi connectivity index (χ1) is 15.0. The largest absolute Gasteiger partial charge is 0.383 e. The van der Waals surface area contributed by atoms with Gasteiger partial charge in [-0.1, -0.05) is 6.07 Å². The fourth-order valence-electron chi connectivity index (χ4n) is 4.35. The molecule has 3 aromatic heterocycles. The molecule has 0 spiro atoms. The Bertz CT molecular complexity index is 1200. The van der Waals surface area contributed by atoms with Gasteiger partial charge in [-0.25, -0.2) is 15.0 Å². The lowest BCUT2D eigenvalue weighted by atomic mass is 10.1. The number of nitrogens with one attached hydrogen (secondary N) is 1. The number of hydrogen-bond donors (Lipinski definition) is 2. The van der Waals surface area contributed by atoms with E-state index in [0.717, 1.165) is 16.7 Å². The standard InChI is InChI=1S/C20H20BrN7O2S/c1-31-13-7-27(19-17(13)18(22)23-9-24-19)8-16(29)28-11-5-10(11)6-12(28)20(30)26-15-4-2-3-14(21)25-15/h2-4,7,9-12H,5-6,8H2,1H3,(H2,22,23,24)(H,25,26,30)/t10-,11?,12+/m1/s1. The molecule has 3 N–H and O–H groups in total. The first-order valence-electron chi connectivity index (χ1n) is 9.84. The molecule has 2 fully saturated rings. The molecule has 2 aliphatic rings. The van der Waals surface area contributed by atoms with Crippen molar-refractivity contribution in [1.29, 1.82) is 0 Å². The number of thioether (sulfide) groups is 1. The van der Waals surface area contributed by atoms with Gasteiger partial charge in [-0.2, -0.15) is 0 Å². The number of amides is 2. The smallest absolute Gasteiger partial charge is 0.248 e. The van der Waals surface area contributed by atoms with Gasteiger partial charge in [0.05, 0.1) is 5.39 Å². The molecule has 4 heterocycles. The van der Waals surface area contributed by atoms with Gasteiger partial charge in [0.15, 0.2) is 0 Å². The van der Waals surface area contributed by atoms with E-state index >= 15 is 0 Å². The quantitative estimate of drug-likeness (QED) is 0.407. The number of likely N-dealkylation sites (tertiary alicyclic amines) is 1. The summed E-state index contributed by atoms with van der Waals surface area (Å²) < 4.78 is 2.43. The van der Waals surface area contributed by atoms with Gasteiger partial charge in [0.2, 0.25) is 11.8 Å². The maximum absolute atomic E-state index is 13.3. The summed E-state index contributed by atoms with van der Waals surface area (Å²) in [4.78, 5) is 41.6. The average Bonchev–Trinajstić information content (AvgIpc) is 3.24. The van der Waals surface area contributed by atoms with E-state index in [1.807, 2.05) is 12.5 Å². The second-order valence-electron chi connectivity index (χ2n) is 7.73. The van der Waals surface area contributed by atoms with E-state index in [9.17, 15) is 9.59 Å². The maximum Gasteiger partial charge on any atom is 0.248 e. The number of aromatic nitrogens is 4. The molecule has 0 aromatic carbocycles. The van der Waals surface area contributed by atoms with Crippen LogP contribution in [0.1, 0.15) is 12.8 Å². The van der Waals surface area contributed by atoms with Gasteiger partial charge < -0.3 is 20.5 Å². The van der Waals surface area contributed by atoms with Crippen LogP contribution in [-0.2, 0) is 16.1 Å². The normalized spacial score (nSPS) is 21.9.